The summed E-state index contributed by atoms with van der Waals surface area (Å²) in [6, 6.07) is 0. The molecule has 0 amide bonds. The Morgan fingerprint density at radius 1 is 1.50 bits per heavy atom. The van der Waals surface area contributed by atoms with Crippen LogP contribution in [0.1, 0.15) is 0 Å². The van der Waals surface area contributed by atoms with Crippen LogP contribution in [0.4, 0.5) is 0 Å². The number of aliphatic carboxylic acids is 1. The first-order chi connectivity index (χ1) is 5.74. The highest BCUT2D eigenvalue weighted by Crippen LogP contribution is 2.51. The summed E-state index contributed by atoms with van der Waals surface area (Å²) >= 11 is 0. The maximum absolute atomic E-state index is 10.6. The Balaban J connectivity index is 1.82. The topological polar surface area (TPSA) is 66.6 Å². The molecule has 2 aliphatic rings. The molecular weight excluding hydrogens is 156 g/mol. The zero-order valence-electron chi connectivity index (χ0n) is 6.94. The molecule has 1 aliphatic heterocycles. The number of carbonyl (C=O) groups is 1. The van der Waals surface area contributed by atoms with Gasteiger partial charge in [0.05, 0.1) is 5.92 Å². The van der Waals surface area contributed by atoms with Crippen molar-refractivity contribution in [3.05, 3.63) is 0 Å². The van der Waals surface area contributed by atoms with Gasteiger partial charge in [-0.1, -0.05) is 0 Å². The maximum atomic E-state index is 10.6. The number of nitrogens with zero attached hydrogens (tertiary/aromatic N) is 1. The number of carboxylic acids is 1. The number of fused-ring (bicyclic) bond motifs is 1. The summed E-state index contributed by atoms with van der Waals surface area (Å²) in [5.74, 6) is 0.194. The Morgan fingerprint density at radius 3 is 2.50 bits per heavy atom. The molecule has 2 atom stereocenters. The van der Waals surface area contributed by atoms with Crippen LogP contribution in [0.25, 0.3) is 0 Å². The van der Waals surface area contributed by atoms with Crippen LogP contribution in [-0.4, -0.2) is 42.2 Å². The number of nitrogens with two attached hydrogens (primary N) is 1. The van der Waals surface area contributed by atoms with E-state index in [0.29, 0.717) is 18.4 Å². The van der Waals surface area contributed by atoms with Gasteiger partial charge in [0.2, 0.25) is 0 Å². The molecule has 1 saturated heterocycles. The summed E-state index contributed by atoms with van der Waals surface area (Å²) in [5, 5.41) is 8.73. The Hall–Kier alpha value is -0.610. The highest BCUT2D eigenvalue weighted by Gasteiger charge is 2.59. The normalized spacial score (nSPS) is 39.6. The number of likely N-dealkylation sites (tertiary alicyclic amines) is 1. The molecule has 2 rings (SSSR count). The fourth-order valence-corrected chi connectivity index (χ4v) is 2.35. The van der Waals surface area contributed by atoms with Crippen molar-refractivity contribution in [1.82, 2.24) is 4.90 Å². The number of carboxylic acid groups (broad SMARTS) is 1. The van der Waals surface area contributed by atoms with Gasteiger partial charge in [0, 0.05) is 26.2 Å². The van der Waals surface area contributed by atoms with Gasteiger partial charge in [-0.3, -0.25) is 4.79 Å². The average molecular weight is 170 g/mol. The van der Waals surface area contributed by atoms with Gasteiger partial charge in [0.15, 0.2) is 0 Å². The molecule has 12 heavy (non-hydrogen) atoms. The molecule has 4 nitrogen and oxygen atoms in total. The fourth-order valence-electron chi connectivity index (χ4n) is 2.35. The van der Waals surface area contributed by atoms with Gasteiger partial charge in [-0.15, -0.1) is 0 Å². The lowest BCUT2D eigenvalue weighted by molar-refractivity contribution is -0.139. The largest absolute Gasteiger partial charge is 0.481 e. The van der Waals surface area contributed by atoms with Crippen LogP contribution >= 0.6 is 0 Å². The Morgan fingerprint density at radius 2 is 2.08 bits per heavy atom. The standard InChI is InChI=1S/C8H14N2O2/c9-1-2-10-3-5-6(4-10)7(5)8(11)12/h5-7H,1-4,9H2,(H,11,12). The summed E-state index contributed by atoms with van der Waals surface area (Å²) in [4.78, 5) is 12.9. The van der Waals surface area contributed by atoms with E-state index in [0.717, 1.165) is 19.6 Å². The lowest BCUT2D eigenvalue weighted by Gasteiger charge is -2.16. The minimum atomic E-state index is -0.614. The van der Waals surface area contributed by atoms with Crippen LogP contribution in [0.5, 0.6) is 0 Å². The van der Waals surface area contributed by atoms with Crippen LogP contribution in [-0.2, 0) is 4.79 Å². The van der Waals surface area contributed by atoms with Gasteiger partial charge in [-0.25, -0.2) is 0 Å². The first-order valence-corrected chi connectivity index (χ1v) is 4.39. The minimum Gasteiger partial charge on any atom is -0.481 e. The van der Waals surface area contributed by atoms with E-state index < -0.39 is 5.97 Å². The van der Waals surface area contributed by atoms with Crippen molar-refractivity contribution < 1.29 is 9.90 Å². The maximum Gasteiger partial charge on any atom is 0.307 e. The molecule has 0 aromatic carbocycles. The second-order valence-corrected chi connectivity index (χ2v) is 3.74. The van der Waals surface area contributed by atoms with Gasteiger partial charge < -0.3 is 15.7 Å². The molecule has 2 fully saturated rings. The summed E-state index contributed by atoms with van der Waals surface area (Å²) in [5.41, 5.74) is 5.41. The molecule has 0 aromatic rings. The third-order valence-corrected chi connectivity index (χ3v) is 3.00. The predicted octanol–water partition coefficient (Wildman–Crippen LogP) is -0.792. The molecule has 68 valence electrons. The molecule has 1 saturated carbocycles. The van der Waals surface area contributed by atoms with Crippen LogP contribution < -0.4 is 5.73 Å². The predicted molar refractivity (Wildman–Crippen MR) is 43.6 cm³/mol. The third-order valence-electron chi connectivity index (χ3n) is 3.00. The van der Waals surface area contributed by atoms with E-state index in [1.807, 2.05) is 0 Å². The van der Waals surface area contributed by atoms with Crippen molar-refractivity contribution in [2.75, 3.05) is 26.2 Å². The van der Waals surface area contributed by atoms with Crippen molar-refractivity contribution in [3.8, 4) is 0 Å². The quantitative estimate of drug-likeness (QED) is 0.582. The number of piperidine rings is 1. The summed E-state index contributed by atoms with van der Waals surface area (Å²) in [6.45, 7) is 3.48. The zero-order chi connectivity index (χ0) is 8.72. The van der Waals surface area contributed by atoms with Crippen molar-refractivity contribution in [3.63, 3.8) is 0 Å². The summed E-state index contributed by atoms with van der Waals surface area (Å²) < 4.78 is 0. The molecule has 1 aliphatic carbocycles. The van der Waals surface area contributed by atoms with Gasteiger partial charge in [-0.2, -0.15) is 0 Å². The molecule has 0 aromatic heterocycles. The molecule has 3 N–H and O–H groups in total. The summed E-state index contributed by atoms with van der Waals surface area (Å²) in [6.07, 6.45) is 0. The van der Waals surface area contributed by atoms with E-state index in [9.17, 15) is 4.79 Å². The van der Waals surface area contributed by atoms with Crippen molar-refractivity contribution >= 4 is 5.97 Å². The third kappa shape index (κ3) is 1.11. The van der Waals surface area contributed by atoms with Crippen molar-refractivity contribution in [2.24, 2.45) is 23.5 Å². The monoisotopic (exact) mass is 170 g/mol. The lowest BCUT2D eigenvalue weighted by Crippen LogP contribution is -2.31. The van der Waals surface area contributed by atoms with Crippen molar-refractivity contribution in [2.45, 2.75) is 0 Å². The van der Waals surface area contributed by atoms with Crippen LogP contribution in [0.3, 0.4) is 0 Å². The van der Waals surface area contributed by atoms with E-state index in [1.165, 1.54) is 0 Å². The van der Waals surface area contributed by atoms with Gasteiger partial charge in [-0.05, 0) is 11.8 Å². The Bertz CT molecular complexity index is 195. The second-order valence-electron chi connectivity index (χ2n) is 3.74. The van der Waals surface area contributed by atoms with Gasteiger partial charge >= 0.3 is 5.97 Å². The highest BCUT2D eigenvalue weighted by molar-refractivity contribution is 5.74. The minimum absolute atomic E-state index is 0.0426. The molecule has 0 spiro atoms. The molecule has 0 radical (unpaired) electrons. The highest BCUT2D eigenvalue weighted by atomic mass is 16.4. The van der Waals surface area contributed by atoms with Gasteiger partial charge in [0.1, 0.15) is 0 Å². The molecular formula is C8H14N2O2. The first kappa shape index (κ1) is 8.01. The van der Waals surface area contributed by atoms with E-state index in [1.54, 1.807) is 0 Å². The SMILES string of the molecule is NCCN1CC2C(C1)C2C(=O)O. The van der Waals surface area contributed by atoms with E-state index in [2.05, 4.69) is 4.90 Å². The van der Waals surface area contributed by atoms with E-state index in [-0.39, 0.29) is 5.92 Å². The van der Waals surface area contributed by atoms with Crippen molar-refractivity contribution in [1.29, 1.82) is 0 Å². The average Bonchev–Trinajstić information content (AvgIpc) is 2.51. The van der Waals surface area contributed by atoms with Crippen LogP contribution in [0, 0.1) is 17.8 Å². The number of rotatable bonds is 3. The smallest absolute Gasteiger partial charge is 0.307 e. The first-order valence-electron chi connectivity index (χ1n) is 4.39. The lowest BCUT2D eigenvalue weighted by atomic mass is 10.2. The van der Waals surface area contributed by atoms with Gasteiger partial charge in [0.25, 0.3) is 0 Å². The van der Waals surface area contributed by atoms with Crippen LogP contribution in [0.15, 0.2) is 0 Å². The molecule has 2 unspecified atom stereocenters. The molecule has 4 heteroatoms. The number of hydrogen-bond acceptors (Lipinski definition) is 3. The number of hydrogen-bond donors (Lipinski definition) is 2. The fraction of sp³-hybridized carbons (Fsp3) is 0.875. The van der Waals surface area contributed by atoms with E-state index in [4.69, 9.17) is 10.8 Å². The Labute approximate surface area is 71.3 Å². The molecule has 0 bridgehead atoms. The summed E-state index contributed by atoms with van der Waals surface area (Å²) in [7, 11) is 0. The Kier molecular flexibility index (Phi) is 1.81. The van der Waals surface area contributed by atoms with E-state index >= 15 is 0 Å². The zero-order valence-corrected chi connectivity index (χ0v) is 6.94. The molecule has 1 heterocycles. The second kappa shape index (κ2) is 2.71. The van der Waals surface area contributed by atoms with Crippen LogP contribution in [0.2, 0.25) is 0 Å².